The summed E-state index contributed by atoms with van der Waals surface area (Å²) < 4.78 is 0. The third-order valence-corrected chi connectivity index (χ3v) is 4.18. The molecule has 1 heterocycles. The van der Waals surface area contributed by atoms with Crippen molar-refractivity contribution in [3.05, 3.63) is 35.9 Å². The van der Waals surface area contributed by atoms with Gasteiger partial charge in [-0.2, -0.15) is 0 Å². The lowest BCUT2D eigenvalue weighted by atomic mass is 10.2. The highest BCUT2D eigenvalue weighted by atomic mass is 32.2. The van der Waals surface area contributed by atoms with E-state index in [0.717, 1.165) is 12.2 Å². The van der Waals surface area contributed by atoms with Gasteiger partial charge in [0.05, 0.1) is 5.75 Å². The van der Waals surface area contributed by atoms with E-state index in [9.17, 15) is 9.59 Å². The Bertz CT molecular complexity index is 449. The van der Waals surface area contributed by atoms with Crippen LogP contribution in [0.25, 0.3) is 0 Å². The molecule has 1 aliphatic heterocycles. The average Bonchev–Trinajstić information content (AvgIpc) is 2.89. The molecule has 1 unspecified atom stereocenters. The molecular weight excluding hydrogens is 262 g/mol. The Morgan fingerprint density at radius 1 is 1.32 bits per heavy atom. The van der Waals surface area contributed by atoms with Gasteiger partial charge in [0.2, 0.25) is 5.91 Å². The van der Waals surface area contributed by atoms with Crippen LogP contribution in [0.3, 0.4) is 0 Å². The van der Waals surface area contributed by atoms with E-state index in [1.54, 1.807) is 0 Å². The van der Waals surface area contributed by atoms with Gasteiger partial charge in [-0.25, -0.2) is 4.79 Å². The second kappa shape index (κ2) is 6.61. The van der Waals surface area contributed by atoms with E-state index >= 15 is 0 Å². The Labute approximate surface area is 116 Å². The van der Waals surface area contributed by atoms with Crippen LogP contribution in [0.4, 0.5) is 0 Å². The minimum absolute atomic E-state index is 0.0640. The summed E-state index contributed by atoms with van der Waals surface area (Å²) in [6, 6.07) is 9.32. The molecule has 0 radical (unpaired) electrons. The maximum atomic E-state index is 12.0. The summed E-state index contributed by atoms with van der Waals surface area (Å²) in [5, 5.41) is 9.04. The Balaban J connectivity index is 1.80. The molecule has 0 bridgehead atoms. The van der Waals surface area contributed by atoms with Crippen molar-refractivity contribution >= 4 is 23.6 Å². The predicted molar refractivity (Wildman–Crippen MR) is 75.0 cm³/mol. The lowest BCUT2D eigenvalue weighted by Crippen LogP contribution is -2.41. The molecule has 1 aromatic rings. The molecule has 0 saturated carbocycles. The van der Waals surface area contributed by atoms with E-state index in [2.05, 4.69) is 0 Å². The lowest BCUT2D eigenvalue weighted by molar-refractivity contribution is -0.147. The number of amides is 1. The number of carbonyl (C=O) groups excluding carboxylic acids is 1. The zero-order valence-electron chi connectivity index (χ0n) is 10.6. The van der Waals surface area contributed by atoms with E-state index in [0.29, 0.717) is 18.7 Å². The summed E-state index contributed by atoms with van der Waals surface area (Å²) in [7, 11) is 0. The fourth-order valence-electron chi connectivity index (χ4n) is 2.24. The van der Waals surface area contributed by atoms with Crippen LogP contribution >= 0.6 is 11.8 Å². The summed E-state index contributed by atoms with van der Waals surface area (Å²) in [6.45, 7) is 0.571. The number of hydrogen-bond acceptors (Lipinski definition) is 3. The number of likely N-dealkylation sites (tertiary alicyclic amines) is 1. The first-order chi connectivity index (χ1) is 9.18. The van der Waals surface area contributed by atoms with Gasteiger partial charge < -0.3 is 10.0 Å². The number of thioether (sulfide) groups is 1. The normalized spacial score (nSPS) is 18.5. The lowest BCUT2D eigenvalue weighted by Gasteiger charge is -2.21. The third-order valence-electron chi connectivity index (χ3n) is 3.20. The molecule has 1 saturated heterocycles. The molecule has 5 heteroatoms. The first-order valence-corrected chi connectivity index (χ1v) is 7.48. The summed E-state index contributed by atoms with van der Waals surface area (Å²) in [5.74, 6) is 0.168. The van der Waals surface area contributed by atoms with E-state index in [4.69, 9.17) is 5.11 Å². The van der Waals surface area contributed by atoms with E-state index in [1.807, 2.05) is 30.3 Å². The number of hydrogen-bond donors (Lipinski definition) is 1. The number of aliphatic carboxylic acids is 1. The number of carboxylic acid groups (broad SMARTS) is 1. The maximum absolute atomic E-state index is 12.0. The van der Waals surface area contributed by atoms with Gasteiger partial charge in [-0.3, -0.25) is 4.79 Å². The minimum atomic E-state index is -0.890. The quantitative estimate of drug-likeness (QED) is 0.895. The van der Waals surface area contributed by atoms with Crippen molar-refractivity contribution in [3.63, 3.8) is 0 Å². The third kappa shape index (κ3) is 3.73. The van der Waals surface area contributed by atoms with Gasteiger partial charge in [-0.05, 0) is 18.4 Å². The van der Waals surface area contributed by atoms with Gasteiger partial charge in [-0.1, -0.05) is 30.3 Å². The fraction of sp³-hybridized carbons (Fsp3) is 0.429. The van der Waals surface area contributed by atoms with Crippen LogP contribution in [-0.4, -0.2) is 40.2 Å². The number of nitrogens with zero attached hydrogens (tertiary/aromatic N) is 1. The summed E-state index contributed by atoms with van der Waals surface area (Å²) in [4.78, 5) is 24.5. The molecule has 19 heavy (non-hydrogen) atoms. The zero-order chi connectivity index (χ0) is 13.7. The Morgan fingerprint density at radius 3 is 2.74 bits per heavy atom. The Kier molecular flexibility index (Phi) is 4.85. The average molecular weight is 279 g/mol. The molecule has 1 aliphatic rings. The van der Waals surface area contributed by atoms with Crippen LogP contribution in [0.2, 0.25) is 0 Å². The molecule has 1 N–H and O–H groups in total. The number of carboxylic acids is 1. The van der Waals surface area contributed by atoms with Crippen molar-refractivity contribution in [1.29, 1.82) is 0 Å². The maximum Gasteiger partial charge on any atom is 0.326 e. The number of carbonyl (C=O) groups is 2. The van der Waals surface area contributed by atoms with Gasteiger partial charge in [0.15, 0.2) is 0 Å². The van der Waals surface area contributed by atoms with Crippen LogP contribution in [-0.2, 0) is 15.3 Å². The summed E-state index contributed by atoms with van der Waals surface area (Å²) >= 11 is 1.53. The Hall–Kier alpha value is -1.49. The smallest absolute Gasteiger partial charge is 0.326 e. The van der Waals surface area contributed by atoms with Crippen LogP contribution in [0.1, 0.15) is 18.4 Å². The van der Waals surface area contributed by atoms with Crippen molar-refractivity contribution in [1.82, 2.24) is 4.90 Å². The molecule has 0 aromatic heterocycles. The molecule has 102 valence electrons. The van der Waals surface area contributed by atoms with E-state index in [-0.39, 0.29) is 5.91 Å². The van der Waals surface area contributed by atoms with Crippen LogP contribution < -0.4 is 0 Å². The standard InChI is InChI=1S/C14H17NO3S/c16-13(15-8-4-7-12(15)14(17)18)10-19-9-11-5-2-1-3-6-11/h1-3,5-6,12H,4,7-10H2,(H,17,18). The molecule has 1 amide bonds. The molecule has 0 aliphatic carbocycles. The zero-order valence-corrected chi connectivity index (χ0v) is 11.4. The molecule has 0 spiro atoms. The van der Waals surface area contributed by atoms with Gasteiger partial charge in [0.25, 0.3) is 0 Å². The van der Waals surface area contributed by atoms with Gasteiger partial charge in [0.1, 0.15) is 6.04 Å². The van der Waals surface area contributed by atoms with Gasteiger partial charge in [-0.15, -0.1) is 11.8 Å². The summed E-state index contributed by atoms with van der Waals surface area (Å²) in [5.41, 5.74) is 1.18. The van der Waals surface area contributed by atoms with Crippen molar-refractivity contribution in [2.45, 2.75) is 24.6 Å². The first kappa shape index (κ1) is 13.9. The highest BCUT2D eigenvalue weighted by molar-refractivity contribution is 7.99. The molecule has 2 rings (SSSR count). The van der Waals surface area contributed by atoms with E-state index in [1.165, 1.54) is 22.2 Å². The van der Waals surface area contributed by atoms with Crippen molar-refractivity contribution in [2.24, 2.45) is 0 Å². The Morgan fingerprint density at radius 2 is 2.05 bits per heavy atom. The van der Waals surface area contributed by atoms with Crippen LogP contribution in [0.15, 0.2) is 30.3 Å². The SMILES string of the molecule is O=C(O)C1CCCN1C(=O)CSCc1ccccc1. The van der Waals surface area contributed by atoms with Crippen LogP contribution in [0, 0.1) is 0 Å². The summed E-state index contributed by atoms with van der Waals surface area (Å²) in [6.07, 6.45) is 1.36. The predicted octanol–water partition coefficient (Wildman–Crippen LogP) is 2.00. The topological polar surface area (TPSA) is 57.6 Å². The highest BCUT2D eigenvalue weighted by Crippen LogP contribution is 2.20. The molecule has 1 atom stereocenters. The van der Waals surface area contributed by atoms with Crippen molar-refractivity contribution < 1.29 is 14.7 Å². The molecule has 1 fully saturated rings. The van der Waals surface area contributed by atoms with Crippen LogP contribution in [0.5, 0.6) is 0 Å². The number of benzene rings is 1. The van der Waals surface area contributed by atoms with E-state index < -0.39 is 12.0 Å². The molecule has 4 nitrogen and oxygen atoms in total. The fourth-order valence-corrected chi connectivity index (χ4v) is 3.11. The highest BCUT2D eigenvalue weighted by Gasteiger charge is 2.33. The monoisotopic (exact) mass is 279 g/mol. The second-order valence-corrected chi connectivity index (χ2v) is 5.55. The largest absolute Gasteiger partial charge is 0.480 e. The van der Waals surface area contributed by atoms with Crippen molar-refractivity contribution in [3.8, 4) is 0 Å². The first-order valence-electron chi connectivity index (χ1n) is 6.32. The number of rotatable bonds is 5. The van der Waals surface area contributed by atoms with Gasteiger partial charge in [0, 0.05) is 12.3 Å². The van der Waals surface area contributed by atoms with Gasteiger partial charge >= 0.3 is 5.97 Å². The second-order valence-electron chi connectivity index (χ2n) is 4.56. The molecule has 1 aromatic carbocycles. The minimum Gasteiger partial charge on any atom is -0.480 e. The van der Waals surface area contributed by atoms with Crippen molar-refractivity contribution in [2.75, 3.05) is 12.3 Å². The molecular formula is C14H17NO3S.